The number of halogens is 3. The van der Waals surface area contributed by atoms with Crippen molar-refractivity contribution in [1.82, 2.24) is 5.32 Å². The number of carbonyl (C=O) groups excluding carboxylic acids is 1. The number of nitrogens with two attached hydrogens (primary N) is 1. The highest BCUT2D eigenvalue weighted by Gasteiger charge is 2.36. The Kier molecular flexibility index (Phi) is 6.07. The van der Waals surface area contributed by atoms with Crippen LogP contribution in [0.1, 0.15) is 31.4 Å². The van der Waals surface area contributed by atoms with Crippen LogP contribution in [0.25, 0.3) is 0 Å². The number of hydrogen-bond donors (Lipinski definition) is 2. The van der Waals surface area contributed by atoms with Crippen molar-refractivity contribution in [2.45, 2.75) is 31.3 Å². The number of carbonyl (C=O) groups is 1. The summed E-state index contributed by atoms with van der Waals surface area (Å²) in [4.78, 5) is 12.2. The van der Waals surface area contributed by atoms with Crippen molar-refractivity contribution in [3.63, 3.8) is 0 Å². The Morgan fingerprint density at radius 1 is 1.33 bits per heavy atom. The van der Waals surface area contributed by atoms with E-state index in [-0.39, 0.29) is 18.0 Å². The van der Waals surface area contributed by atoms with Crippen LogP contribution in [0.5, 0.6) is 0 Å². The fraction of sp³-hybridized carbons (Fsp3) is 0.500. The molecule has 0 bridgehead atoms. The van der Waals surface area contributed by atoms with Crippen molar-refractivity contribution in [3.8, 4) is 0 Å². The fourth-order valence-electron chi connectivity index (χ4n) is 2.30. The predicted octanol–water partition coefficient (Wildman–Crippen LogP) is 2.07. The zero-order chi connectivity index (χ0) is 14.8. The number of ether oxygens (including phenoxy) is 1. The van der Waals surface area contributed by atoms with Gasteiger partial charge in [0.15, 0.2) is 0 Å². The summed E-state index contributed by atoms with van der Waals surface area (Å²) in [5.41, 5.74) is 4.84. The van der Waals surface area contributed by atoms with Crippen LogP contribution in [-0.2, 0) is 9.53 Å². The Morgan fingerprint density at radius 2 is 1.86 bits per heavy atom. The lowest BCUT2D eigenvalue weighted by molar-refractivity contribution is -0.130. The Morgan fingerprint density at radius 3 is 2.38 bits per heavy atom. The molecule has 0 saturated carbocycles. The summed E-state index contributed by atoms with van der Waals surface area (Å²) in [6.07, 6.45) is 0.788. The van der Waals surface area contributed by atoms with Crippen molar-refractivity contribution in [2.75, 3.05) is 13.2 Å². The van der Waals surface area contributed by atoms with Gasteiger partial charge in [-0.2, -0.15) is 0 Å². The van der Waals surface area contributed by atoms with Crippen LogP contribution < -0.4 is 11.1 Å². The number of amides is 1. The Hall–Kier alpha value is -1.24. The molecule has 0 spiro atoms. The fourth-order valence-corrected chi connectivity index (χ4v) is 2.30. The Bertz CT molecular complexity index is 487. The van der Waals surface area contributed by atoms with Crippen LogP contribution in [0.4, 0.5) is 8.78 Å². The second kappa shape index (κ2) is 7.15. The first-order valence-electron chi connectivity index (χ1n) is 6.55. The first-order valence-corrected chi connectivity index (χ1v) is 6.55. The van der Waals surface area contributed by atoms with Crippen molar-refractivity contribution in [1.29, 1.82) is 0 Å². The first kappa shape index (κ1) is 17.8. The maximum atomic E-state index is 13.6. The monoisotopic (exact) mass is 320 g/mol. The molecule has 1 heterocycles. The van der Waals surface area contributed by atoms with E-state index in [0.717, 1.165) is 12.1 Å². The quantitative estimate of drug-likeness (QED) is 0.896. The van der Waals surface area contributed by atoms with Gasteiger partial charge in [0.25, 0.3) is 0 Å². The van der Waals surface area contributed by atoms with Crippen molar-refractivity contribution in [3.05, 3.63) is 35.4 Å². The maximum absolute atomic E-state index is 13.6. The molecule has 1 aromatic rings. The molecular weight excluding hydrogens is 302 g/mol. The molecule has 1 atom stereocenters. The van der Waals surface area contributed by atoms with Crippen LogP contribution in [-0.4, -0.2) is 24.7 Å². The van der Waals surface area contributed by atoms with Crippen LogP contribution in [0.2, 0.25) is 0 Å². The van der Waals surface area contributed by atoms with E-state index < -0.39 is 29.1 Å². The van der Waals surface area contributed by atoms with Gasteiger partial charge in [-0.15, -0.1) is 12.4 Å². The third kappa shape index (κ3) is 3.90. The molecule has 1 aliphatic heterocycles. The molecule has 3 N–H and O–H groups in total. The molecule has 2 rings (SSSR count). The largest absolute Gasteiger partial charge is 0.381 e. The molecule has 21 heavy (non-hydrogen) atoms. The van der Waals surface area contributed by atoms with Gasteiger partial charge in [-0.25, -0.2) is 8.78 Å². The topological polar surface area (TPSA) is 64.4 Å². The number of hydrogen-bond acceptors (Lipinski definition) is 3. The molecule has 4 nitrogen and oxygen atoms in total. The van der Waals surface area contributed by atoms with Gasteiger partial charge in [0.05, 0.1) is 11.6 Å². The van der Waals surface area contributed by atoms with Crippen molar-refractivity contribution < 1.29 is 18.3 Å². The standard InChI is InChI=1S/C14H18F2N2O2.ClH/c1-9(12-10(15)3-2-4-11(12)16)18-13(19)14(17)5-7-20-8-6-14;/h2-4,9H,5-8,17H2,1H3,(H,18,19);1H. The Labute approximate surface area is 128 Å². The van der Waals surface area contributed by atoms with Gasteiger partial charge in [0.2, 0.25) is 5.91 Å². The van der Waals surface area contributed by atoms with Crippen LogP contribution in [0.3, 0.4) is 0 Å². The second-order valence-electron chi connectivity index (χ2n) is 5.10. The van der Waals surface area contributed by atoms with E-state index in [2.05, 4.69) is 5.32 Å². The molecule has 1 aromatic carbocycles. The third-order valence-electron chi connectivity index (χ3n) is 3.62. The van der Waals surface area contributed by atoms with E-state index in [1.54, 1.807) is 0 Å². The van der Waals surface area contributed by atoms with E-state index in [1.807, 2.05) is 0 Å². The molecule has 118 valence electrons. The summed E-state index contributed by atoms with van der Waals surface area (Å²) in [7, 11) is 0. The van der Waals surface area contributed by atoms with E-state index >= 15 is 0 Å². The SMILES string of the molecule is CC(NC(=O)C1(N)CCOCC1)c1c(F)cccc1F.Cl. The summed E-state index contributed by atoms with van der Waals surface area (Å²) in [5.74, 6) is -1.78. The molecular formula is C14H19ClF2N2O2. The number of benzene rings is 1. The summed E-state index contributed by atoms with van der Waals surface area (Å²) in [6.45, 7) is 2.35. The molecule has 0 aromatic heterocycles. The van der Waals surface area contributed by atoms with Gasteiger partial charge in [-0.05, 0) is 31.9 Å². The lowest BCUT2D eigenvalue weighted by atomic mass is 9.90. The molecule has 1 saturated heterocycles. The zero-order valence-electron chi connectivity index (χ0n) is 11.7. The number of nitrogens with one attached hydrogen (secondary N) is 1. The zero-order valence-corrected chi connectivity index (χ0v) is 12.5. The van der Waals surface area contributed by atoms with E-state index in [9.17, 15) is 13.6 Å². The highest BCUT2D eigenvalue weighted by Crippen LogP contribution is 2.23. The van der Waals surface area contributed by atoms with Gasteiger partial charge in [0.1, 0.15) is 11.6 Å². The van der Waals surface area contributed by atoms with Gasteiger partial charge in [0, 0.05) is 18.8 Å². The summed E-state index contributed by atoms with van der Waals surface area (Å²) < 4.78 is 32.5. The number of rotatable bonds is 3. The average molecular weight is 321 g/mol. The van der Waals surface area contributed by atoms with Crippen molar-refractivity contribution >= 4 is 18.3 Å². The van der Waals surface area contributed by atoms with Gasteiger partial charge in [-0.1, -0.05) is 6.07 Å². The molecule has 0 radical (unpaired) electrons. The lowest BCUT2D eigenvalue weighted by Gasteiger charge is -2.33. The summed E-state index contributed by atoms with van der Waals surface area (Å²) in [6, 6.07) is 2.82. The van der Waals surface area contributed by atoms with Crippen LogP contribution >= 0.6 is 12.4 Å². The predicted molar refractivity (Wildman–Crippen MR) is 77.1 cm³/mol. The molecule has 1 fully saturated rings. The normalized spacial score (nSPS) is 18.5. The highest BCUT2D eigenvalue weighted by atomic mass is 35.5. The minimum absolute atomic E-state index is 0. The minimum Gasteiger partial charge on any atom is -0.381 e. The summed E-state index contributed by atoms with van der Waals surface area (Å²) in [5, 5.41) is 2.59. The lowest BCUT2D eigenvalue weighted by Crippen LogP contribution is -2.57. The van der Waals surface area contributed by atoms with Gasteiger partial charge < -0.3 is 15.8 Å². The minimum atomic E-state index is -1.03. The summed E-state index contributed by atoms with van der Waals surface area (Å²) >= 11 is 0. The van der Waals surface area contributed by atoms with Crippen LogP contribution in [0.15, 0.2) is 18.2 Å². The van der Waals surface area contributed by atoms with E-state index in [4.69, 9.17) is 10.5 Å². The molecule has 7 heteroatoms. The van der Waals surface area contributed by atoms with Gasteiger partial charge >= 0.3 is 0 Å². The third-order valence-corrected chi connectivity index (χ3v) is 3.62. The molecule has 1 amide bonds. The van der Waals surface area contributed by atoms with E-state index in [0.29, 0.717) is 26.1 Å². The molecule has 0 aliphatic carbocycles. The van der Waals surface area contributed by atoms with Crippen molar-refractivity contribution in [2.24, 2.45) is 5.73 Å². The average Bonchev–Trinajstić information content (AvgIpc) is 2.39. The molecule has 1 aliphatic rings. The molecule has 1 unspecified atom stereocenters. The van der Waals surface area contributed by atoms with Gasteiger partial charge in [-0.3, -0.25) is 4.79 Å². The Balaban J connectivity index is 0.00000220. The highest BCUT2D eigenvalue weighted by molar-refractivity contribution is 5.86. The van der Waals surface area contributed by atoms with Crippen LogP contribution in [0, 0.1) is 11.6 Å². The first-order chi connectivity index (χ1) is 9.44. The smallest absolute Gasteiger partial charge is 0.240 e. The second-order valence-corrected chi connectivity index (χ2v) is 5.10. The van der Waals surface area contributed by atoms with E-state index in [1.165, 1.54) is 13.0 Å². The maximum Gasteiger partial charge on any atom is 0.240 e.